The summed E-state index contributed by atoms with van der Waals surface area (Å²) in [5.41, 5.74) is 8.46. The summed E-state index contributed by atoms with van der Waals surface area (Å²) in [7, 11) is 0. The topological polar surface area (TPSA) is 82.2 Å². The van der Waals surface area contributed by atoms with E-state index in [0.717, 1.165) is 29.8 Å². The van der Waals surface area contributed by atoms with Gasteiger partial charge in [0, 0.05) is 31.7 Å². The van der Waals surface area contributed by atoms with E-state index in [2.05, 4.69) is 10.1 Å². The average Bonchev–Trinajstić information content (AvgIpc) is 2.50. The average molecular weight is 290 g/mol. The molecule has 6 heteroatoms. The molecule has 1 amide bonds. The van der Waals surface area contributed by atoms with E-state index in [9.17, 15) is 4.79 Å². The maximum absolute atomic E-state index is 12.6. The van der Waals surface area contributed by atoms with E-state index in [4.69, 9.17) is 10.9 Å². The zero-order valence-corrected chi connectivity index (χ0v) is 12.5. The highest BCUT2D eigenvalue weighted by molar-refractivity contribution is 5.96. The lowest BCUT2D eigenvalue weighted by Crippen LogP contribution is -2.50. The van der Waals surface area contributed by atoms with Crippen molar-refractivity contribution in [2.45, 2.75) is 13.8 Å². The van der Waals surface area contributed by atoms with Crippen LogP contribution in [0.25, 0.3) is 0 Å². The van der Waals surface area contributed by atoms with Crippen LogP contribution < -0.4 is 5.73 Å². The number of nitrogens with two attached hydrogens (primary N) is 1. The number of hydrogen-bond donors (Lipinski definition) is 2. The van der Waals surface area contributed by atoms with Crippen LogP contribution in [0, 0.1) is 13.8 Å². The molecule has 2 rings (SSSR count). The van der Waals surface area contributed by atoms with Crippen molar-refractivity contribution in [2.24, 2.45) is 10.9 Å². The van der Waals surface area contributed by atoms with Gasteiger partial charge in [-0.3, -0.25) is 9.69 Å². The highest BCUT2D eigenvalue weighted by atomic mass is 16.4. The summed E-state index contributed by atoms with van der Waals surface area (Å²) in [6.45, 7) is 7.20. The van der Waals surface area contributed by atoms with Gasteiger partial charge in [0.2, 0.25) is 0 Å². The molecule has 6 nitrogen and oxygen atoms in total. The Morgan fingerprint density at radius 1 is 1.29 bits per heavy atom. The van der Waals surface area contributed by atoms with Gasteiger partial charge in [-0.15, -0.1) is 0 Å². The van der Waals surface area contributed by atoms with Gasteiger partial charge in [0.25, 0.3) is 5.91 Å². The number of nitrogens with zero attached hydrogens (tertiary/aromatic N) is 3. The lowest BCUT2D eigenvalue weighted by Gasteiger charge is -2.34. The van der Waals surface area contributed by atoms with Crippen molar-refractivity contribution in [2.75, 3.05) is 32.7 Å². The molecule has 3 N–H and O–H groups in total. The minimum atomic E-state index is 0.0830. The van der Waals surface area contributed by atoms with Gasteiger partial charge < -0.3 is 15.8 Å². The molecule has 1 aromatic rings. The van der Waals surface area contributed by atoms with Crippen molar-refractivity contribution in [1.29, 1.82) is 0 Å². The van der Waals surface area contributed by atoms with E-state index in [-0.39, 0.29) is 11.7 Å². The van der Waals surface area contributed by atoms with Crippen LogP contribution >= 0.6 is 0 Å². The molecule has 0 aromatic heterocycles. The molecule has 0 aliphatic carbocycles. The van der Waals surface area contributed by atoms with Crippen LogP contribution in [0.1, 0.15) is 21.5 Å². The van der Waals surface area contributed by atoms with Crippen LogP contribution in [0.3, 0.4) is 0 Å². The van der Waals surface area contributed by atoms with Gasteiger partial charge in [0.15, 0.2) is 5.84 Å². The van der Waals surface area contributed by atoms with Gasteiger partial charge in [0.1, 0.15) is 0 Å². The van der Waals surface area contributed by atoms with Crippen molar-refractivity contribution >= 4 is 11.7 Å². The van der Waals surface area contributed by atoms with Crippen molar-refractivity contribution in [3.05, 3.63) is 34.9 Å². The number of hydrogen-bond acceptors (Lipinski definition) is 4. The molecule has 1 saturated heterocycles. The third-order valence-electron chi connectivity index (χ3n) is 4.01. The largest absolute Gasteiger partial charge is 0.409 e. The minimum Gasteiger partial charge on any atom is -0.409 e. The molecule has 0 radical (unpaired) electrons. The summed E-state index contributed by atoms with van der Waals surface area (Å²) in [6, 6.07) is 5.82. The number of aryl methyl sites for hydroxylation is 1. The Balaban J connectivity index is 1.99. The van der Waals surface area contributed by atoms with Crippen LogP contribution in [-0.2, 0) is 0 Å². The summed E-state index contributed by atoms with van der Waals surface area (Å²) in [4.78, 5) is 16.5. The fourth-order valence-corrected chi connectivity index (χ4v) is 2.52. The first kappa shape index (κ1) is 15.3. The molecule has 21 heavy (non-hydrogen) atoms. The molecule has 0 saturated carbocycles. The van der Waals surface area contributed by atoms with E-state index in [1.807, 2.05) is 36.9 Å². The van der Waals surface area contributed by atoms with E-state index >= 15 is 0 Å². The number of piperazine rings is 1. The quantitative estimate of drug-likeness (QED) is 0.373. The minimum absolute atomic E-state index is 0.0830. The van der Waals surface area contributed by atoms with Crippen LogP contribution in [-0.4, -0.2) is 59.5 Å². The first-order valence-corrected chi connectivity index (χ1v) is 7.07. The van der Waals surface area contributed by atoms with Crippen molar-refractivity contribution in [3.8, 4) is 0 Å². The van der Waals surface area contributed by atoms with Crippen LogP contribution in [0.2, 0.25) is 0 Å². The number of oxime groups is 1. The zero-order valence-electron chi connectivity index (χ0n) is 12.5. The molecule has 1 aromatic carbocycles. The van der Waals surface area contributed by atoms with Crippen LogP contribution in [0.15, 0.2) is 23.4 Å². The second-order valence-electron chi connectivity index (χ2n) is 5.41. The lowest BCUT2D eigenvalue weighted by atomic mass is 10.0. The number of carbonyl (C=O) groups excluding carboxylic acids is 1. The van der Waals surface area contributed by atoms with E-state index in [1.54, 1.807) is 0 Å². The van der Waals surface area contributed by atoms with Gasteiger partial charge in [-0.2, -0.15) is 0 Å². The maximum Gasteiger partial charge on any atom is 0.254 e. The molecule has 1 fully saturated rings. The van der Waals surface area contributed by atoms with E-state index in [1.165, 1.54) is 0 Å². The van der Waals surface area contributed by atoms with Crippen molar-refractivity contribution in [3.63, 3.8) is 0 Å². The van der Waals surface area contributed by atoms with E-state index < -0.39 is 0 Å². The SMILES string of the molecule is Cc1cccc(C(=O)N2CCN(CC(N)=NO)CC2)c1C. The molecule has 0 bridgehead atoms. The summed E-state index contributed by atoms with van der Waals surface area (Å²) in [5.74, 6) is 0.281. The van der Waals surface area contributed by atoms with Crippen molar-refractivity contribution in [1.82, 2.24) is 9.80 Å². The van der Waals surface area contributed by atoms with Crippen LogP contribution in [0.5, 0.6) is 0 Å². The number of amidine groups is 1. The highest BCUT2D eigenvalue weighted by Crippen LogP contribution is 2.16. The Hall–Kier alpha value is -2.08. The summed E-state index contributed by atoms with van der Waals surface area (Å²) >= 11 is 0. The molecular formula is C15H22N4O2. The zero-order chi connectivity index (χ0) is 15.4. The number of carbonyl (C=O) groups is 1. The normalized spacial score (nSPS) is 17.0. The fourth-order valence-electron chi connectivity index (χ4n) is 2.52. The van der Waals surface area contributed by atoms with E-state index in [0.29, 0.717) is 19.6 Å². The first-order chi connectivity index (χ1) is 10.0. The van der Waals surface area contributed by atoms with Gasteiger partial charge in [0.05, 0.1) is 6.54 Å². The first-order valence-electron chi connectivity index (χ1n) is 7.07. The fraction of sp³-hybridized carbons (Fsp3) is 0.467. The third-order valence-corrected chi connectivity index (χ3v) is 4.01. The predicted molar refractivity (Wildman–Crippen MR) is 81.7 cm³/mol. The molecule has 1 aliphatic heterocycles. The Morgan fingerprint density at radius 2 is 1.95 bits per heavy atom. The molecule has 0 spiro atoms. The lowest BCUT2D eigenvalue weighted by molar-refractivity contribution is 0.0652. The standard InChI is InChI=1S/C15H22N4O2/c1-11-4-3-5-13(12(11)2)15(20)19-8-6-18(7-9-19)10-14(16)17-21/h3-5,21H,6-10H2,1-2H3,(H2,16,17). The third kappa shape index (κ3) is 3.52. The number of rotatable bonds is 3. The molecule has 0 unspecified atom stereocenters. The number of benzene rings is 1. The monoisotopic (exact) mass is 290 g/mol. The molecule has 114 valence electrons. The Kier molecular flexibility index (Phi) is 4.80. The Bertz CT molecular complexity index is 549. The predicted octanol–water partition coefficient (Wildman–Crippen LogP) is 0.808. The Labute approximate surface area is 124 Å². The second-order valence-corrected chi connectivity index (χ2v) is 5.41. The molecule has 0 atom stereocenters. The molecular weight excluding hydrogens is 268 g/mol. The van der Waals surface area contributed by atoms with Gasteiger partial charge in [-0.1, -0.05) is 17.3 Å². The van der Waals surface area contributed by atoms with Gasteiger partial charge >= 0.3 is 0 Å². The summed E-state index contributed by atoms with van der Waals surface area (Å²) < 4.78 is 0. The van der Waals surface area contributed by atoms with Crippen molar-refractivity contribution < 1.29 is 10.0 Å². The number of amides is 1. The Morgan fingerprint density at radius 3 is 2.57 bits per heavy atom. The summed E-state index contributed by atoms with van der Waals surface area (Å²) in [5, 5.41) is 11.6. The smallest absolute Gasteiger partial charge is 0.254 e. The maximum atomic E-state index is 12.6. The van der Waals surface area contributed by atoms with Crippen LogP contribution in [0.4, 0.5) is 0 Å². The molecule has 1 heterocycles. The highest BCUT2D eigenvalue weighted by Gasteiger charge is 2.23. The second kappa shape index (κ2) is 6.58. The van der Waals surface area contributed by atoms with Gasteiger partial charge in [-0.05, 0) is 31.0 Å². The molecule has 1 aliphatic rings. The van der Waals surface area contributed by atoms with Gasteiger partial charge in [-0.25, -0.2) is 0 Å². The summed E-state index contributed by atoms with van der Waals surface area (Å²) in [6.07, 6.45) is 0.